The smallest absolute Gasteiger partial charge is 0.154 e. The SMILES string of the molecule is CCCCOc1ccc([C@]2(C)CCSC(N)=N2)cc1. The second-order valence-electron chi connectivity index (χ2n) is 5.05. The van der Waals surface area contributed by atoms with Crippen LogP contribution in [0.15, 0.2) is 29.3 Å². The summed E-state index contributed by atoms with van der Waals surface area (Å²) in [6, 6.07) is 8.27. The molecule has 0 bridgehead atoms. The van der Waals surface area contributed by atoms with E-state index in [2.05, 4.69) is 31.0 Å². The van der Waals surface area contributed by atoms with Gasteiger partial charge in [0.2, 0.25) is 0 Å². The van der Waals surface area contributed by atoms with Gasteiger partial charge in [-0.1, -0.05) is 37.2 Å². The molecule has 3 nitrogen and oxygen atoms in total. The summed E-state index contributed by atoms with van der Waals surface area (Å²) in [5.41, 5.74) is 6.87. The Labute approximate surface area is 119 Å². The maximum Gasteiger partial charge on any atom is 0.154 e. The van der Waals surface area contributed by atoms with Crippen molar-refractivity contribution in [2.24, 2.45) is 10.7 Å². The normalized spacial score (nSPS) is 22.9. The number of unbranched alkanes of at least 4 members (excludes halogenated alkanes) is 1. The molecule has 1 aliphatic rings. The number of rotatable bonds is 5. The van der Waals surface area contributed by atoms with Gasteiger partial charge in [-0.25, -0.2) is 0 Å². The molecule has 0 aliphatic carbocycles. The van der Waals surface area contributed by atoms with Crippen molar-refractivity contribution in [1.29, 1.82) is 0 Å². The minimum Gasteiger partial charge on any atom is -0.494 e. The van der Waals surface area contributed by atoms with Crippen molar-refractivity contribution in [3.8, 4) is 5.75 Å². The summed E-state index contributed by atoms with van der Waals surface area (Å²) in [6.07, 6.45) is 3.27. The first-order valence-electron chi connectivity index (χ1n) is 6.85. The molecule has 0 saturated carbocycles. The first kappa shape index (κ1) is 14.3. The highest BCUT2D eigenvalue weighted by atomic mass is 32.2. The van der Waals surface area contributed by atoms with Gasteiger partial charge in [0.1, 0.15) is 5.75 Å². The highest BCUT2D eigenvalue weighted by Gasteiger charge is 2.29. The second kappa shape index (κ2) is 6.33. The van der Waals surface area contributed by atoms with Crippen LogP contribution in [0.3, 0.4) is 0 Å². The number of hydrogen-bond donors (Lipinski definition) is 1. The molecule has 0 aromatic heterocycles. The lowest BCUT2D eigenvalue weighted by molar-refractivity contribution is 0.309. The number of ether oxygens (including phenoxy) is 1. The zero-order chi connectivity index (χ0) is 13.7. The third-order valence-corrected chi connectivity index (χ3v) is 4.23. The number of hydrogen-bond acceptors (Lipinski definition) is 4. The van der Waals surface area contributed by atoms with E-state index in [-0.39, 0.29) is 5.54 Å². The lowest BCUT2D eigenvalue weighted by atomic mass is 9.90. The average Bonchev–Trinajstić information content (AvgIpc) is 2.39. The molecule has 2 rings (SSSR count). The fourth-order valence-electron chi connectivity index (χ4n) is 2.14. The van der Waals surface area contributed by atoms with E-state index in [0.717, 1.165) is 37.4 Å². The third kappa shape index (κ3) is 3.66. The maximum atomic E-state index is 5.85. The molecule has 4 heteroatoms. The fourth-order valence-corrected chi connectivity index (χ4v) is 3.11. The van der Waals surface area contributed by atoms with Gasteiger partial charge in [0, 0.05) is 5.75 Å². The Morgan fingerprint density at radius 1 is 1.37 bits per heavy atom. The molecule has 0 radical (unpaired) electrons. The largest absolute Gasteiger partial charge is 0.494 e. The number of amidine groups is 1. The molecule has 2 N–H and O–H groups in total. The van der Waals surface area contributed by atoms with Crippen molar-refractivity contribution < 1.29 is 4.74 Å². The Kier molecular flexibility index (Phi) is 4.75. The van der Waals surface area contributed by atoms with Gasteiger partial charge in [-0.2, -0.15) is 0 Å². The molecule has 1 aliphatic heterocycles. The zero-order valence-electron chi connectivity index (χ0n) is 11.7. The Morgan fingerprint density at radius 3 is 2.74 bits per heavy atom. The van der Waals surface area contributed by atoms with Gasteiger partial charge < -0.3 is 10.5 Å². The van der Waals surface area contributed by atoms with Crippen molar-refractivity contribution in [1.82, 2.24) is 0 Å². The van der Waals surface area contributed by atoms with E-state index in [1.165, 1.54) is 5.56 Å². The summed E-state index contributed by atoms with van der Waals surface area (Å²) in [5, 5.41) is 0.692. The van der Waals surface area contributed by atoms with E-state index >= 15 is 0 Å². The van der Waals surface area contributed by atoms with Crippen molar-refractivity contribution >= 4 is 16.9 Å². The van der Waals surface area contributed by atoms with Crippen LogP contribution in [-0.2, 0) is 5.54 Å². The quantitative estimate of drug-likeness (QED) is 0.838. The van der Waals surface area contributed by atoms with E-state index in [0.29, 0.717) is 5.17 Å². The summed E-state index contributed by atoms with van der Waals surface area (Å²) in [7, 11) is 0. The summed E-state index contributed by atoms with van der Waals surface area (Å²) in [6.45, 7) is 5.10. The standard InChI is InChI=1S/C15H22N2OS/c1-3-4-10-18-13-7-5-12(6-8-13)15(2)9-11-19-14(16)17-15/h5-8H,3-4,9-11H2,1-2H3,(H2,16,17)/t15-/m0/s1. The molecule has 0 spiro atoms. The summed E-state index contributed by atoms with van der Waals surface area (Å²) in [4.78, 5) is 4.61. The maximum absolute atomic E-state index is 5.85. The molecule has 0 fully saturated rings. The molecule has 1 aromatic carbocycles. The van der Waals surface area contributed by atoms with Gasteiger partial charge in [0.05, 0.1) is 12.1 Å². The van der Waals surface area contributed by atoms with Crippen LogP contribution in [0.5, 0.6) is 5.75 Å². The molecular formula is C15H22N2OS. The topological polar surface area (TPSA) is 47.6 Å². The van der Waals surface area contributed by atoms with E-state index < -0.39 is 0 Å². The second-order valence-corrected chi connectivity index (χ2v) is 6.16. The van der Waals surface area contributed by atoms with E-state index in [1.807, 2.05) is 12.1 Å². The molecule has 1 atom stereocenters. The van der Waals surface area contributed by atoms with E-state index in [1.54, 1.807) is 11.8 Å². The Hall–Kier alpha value is -1.16. The number of nitrogens with zero attached hydrogens (tertiary/aromatic N) is 1. The van der Waals surface area contributed by atoms with Crippen molar-refractivity contribution in [3.63, 3.8) is 0 Å². The summed E-state index contributed by atoms with van der Waals surface area (Å²) >= 11 is 1.63. The minimum atomic E-state index is -0.183. The van der Waals surface area contributed by atoms with Gasteiger partial charge in [-0.15, -0.1) is 0 Å². The number of thioether (sulfide) groups is 1. The van der Waals surface area contributed by atoms with E-state index in [9.17, 15) is 0 Å². The minimum absolute atomic E-state index is 0.183. The summed E-state index contributed by atoms with van der Waals surface area (Å²) in [5.74, 6) is 1.96. The van der Waals surface area contributed by atoms with Crippen molar-refractivity contribution in [3.05, 3.63) is 29.8 Å². The van der Waals surface area contributed by atoms with Crippen LogP contribution in [-0.4, -0.2) is 17.5 Å². The molecule has 0 amide bonds. The Morgan fingerprint density at radius 2 is 2.11 bits per heavy atom. The Balaban J connectivity index is 2.07. The van der Waals surface area contributed by atoms with Crippen LogP contribution in [0.4, 0.5) is 0 Å². The highest BCUT2D eigenvalue weighted by Crippen LogP contribution is 2.35. The van der Waals surface area contributed by atoms with Crippen LogP contribution in [0.2, 0.25) is 0 Å². The van der Waals surface area contributed by atoms with Gasteiger partial charge in [-0.05, 0) is 37.5 Å². The van der Waals surface area contributed by atoms with E-state index in [4.69, 9.17) is 10.5 Å². The monoisotopic (exact) mass is 278 g/mol. The van der Waals surface area contributed by atoms with Gasteiger partial charge in [0.25, 0.3) is 0 Å². The predicted octanol–water partition coefficient (Wildman–Crippen LogP) is 3.53. The first-order chi connectivity index (χ1) is 9.14. The number of nitrogens with two attached hydrogens (primary N) is 1. The van der Waals surface area contributed by atoms with Gasteiger partial charge >= 0.3 is 0 Å². The zero-order valence-corrected chi connectivity index (χ0v) is 12.5. The van der Waals surface area contributed by atoms with Crippen LogP contribution in [0.1, 0.15) is 38.7 Å². The van der Waals surface area contributed by atoms with Crippen LogP contribution in [0, 0.1) is 0 Å². The average molecular weight is 278 g/mol. The third-order valence-electron chi connectivity index (χ3n) is 3.44. The fraction of sp³-hybridized carbons (Fsp3) is 0.533. The lowest BCUT2D eigenvalue weighted by Gasteiger charge is -2.29. The van der Waals surface area contributed by atoms with Crippen LogP contribution in [0.25, 0.3) is 0 Å². The molecule has 1 aromatic rings. The first-order valence-corrected chi connectivity index (χ1v) is 7.84. The number of benzene rings is 1. The molecule has 0 unspecified atom stereocenters. The highest BCUT2D eigenvalue weighted by molar-refractivity contribution is 8.13. The van der Waals surface area contributed by atoms with Crippen LogP contribution >= 0.6 is 11.8 Å². The molecular weight excluding hydrogens is 256 g/mol. The lowest BCUT2D eigenvalue weighted by Crippen LogP contribution is -2.28. The molecule has 19 heavy (non-hydrogen) atoms. The molecule has 0 saturated heterocycles. The van der Waals surface area contributed by atoms with Gasteiger partial charge in [0.15, 0.2) is 5.17 Å². The predicted molar refractivity (Wildman–Crippen MR) is 82.9 cm³/mol. The van der Waals surface area contributed by atoms with Crippen molar-refractivity contribution in [2.75, 3.05) is 12.4 Å². The summed E-state index contributed by atoms with van der Waals surface area (Å²) < 4.78 is 5.68. The Bertz CT molecular complexity index is 444. The molecule has 1 heterocycles. The number of aliphatic imine (C=N–C) groups is 1. The van der Waals surface area contributed by atoms with Crippen LogP contribution < -0.4 is 10.5 Å². The van der Waals surface area contributed by atoms with Gasteiger partial charge in [-0.3, -0.25) is 4.99 Å². The molecule has 104 valence electrons. The van der Waals surface area contributed by atoms with Crippen molar-refractivity contribution in [2.45, 2.75) is 38.6 Å².